The lowest BCUT2D eigenvalue weighted by Crippen LogP contribution is -2.19. The van der Waals surface area contributed by atoms with Crippen LogP contribution in [0, 0.1) is 6.92 Å². The molecule has 3 rings (SSSR count). The van der Waals surface area contributed by atoms with Crippen LogP contribution in [0.25, 0.3) is 11.4 Å². The van der Waals surface area contributed by atoms with E-state index in [1.165, 1.54) is 5.56 Å². The van der Waals surface area contributed by atoms with Crippen molar-refractivity contribution in [3.8, 4) is 17.1 Å². The van der Waals surface area contributed by atoms with E-state index in [0.717, 1.165) is 23.9 Å². The molecule has 1 atom stereocenters. The number of rotatable bonds is 8. The first-order valence-corrected chi connectivity index (χ1v) is 12.2. The van der Waals surface area contributed by atoms with E-state index in [2.05, 4.69) is 28.8 Å². The number of benzene rings is 2. The summed E-state index contributed by atoms with van der Waals surface area (Å²) in [6, 6.07) is 15.7. The van der Waals surface area contributed by atoms with Gasteiger partial charge < -0.3 is 19.2 Å². The van der Waals surface area contributed by atoms with Crippen LogP contribution >= 0.6 is 0 Å². The molecule has 0 fully saturated rings. The topological polar surface area (TPSA) is 90.0 Å². The summed E-state index contributed by atoms with van der Waals surface area (Å²) in [5.74, 6) is 2.32. The van der Waals surface area contributed by atoms with Gasteiger partial charge in [0.2, 0.25) is 11.7 Å². The first-order chi connectivity index (χ1) is 17.2. The molecule has 0 aliphatic heterocycles. The van der Waals surface area contributed by atoms with Gasteiger partial charge in [-0.2, -0.15) is 4.98 Å². The smallest absolute Gasteiger partial charge is 0.232 e. The van der Waals surface area contributed by atoms with Crippen LogP contribution in [0.15, 0.2) is 70.5 Å². The van der Waals surface area contributed by atoms with E-state index < -0.39 is 0 Å². The predicted octanol–water partition coefficient (Wildman–Crippen LogP) is 7.09. The fourth-order valence-corrected chi connectivity index (χ4v) is 2.90. The second-order valence-corrected chi connectivity index (χ2v) is 8.81. The van der Waals surface area contributed by atoms with Gasteiger partial charge in [0.1, 0.15) is 5.75 Å². The zero-order chi connectivity index (χ0) is 27.3. The minimum Gasteiger partial charge on any atom is -0.482 e. The van der Waals surface area contributed by atoms with Crippen molar-refractivity contribution >= 4 is 5.71 Å². The van der Waals surface area contributed by atoms with Crippen molar-refractivity contribution in [1.29, 1.82) is 0 Å². The van der Waals surface area contributed by atoms with Gasteiger partial charge in [-0.3, -0.25) is 0 Å². The van der Waals surface area contributed by atoms with Crippen molar-refractivity contribution in [1.82, 2.24) is 10.1 Å². The highest BCUT2D eigenvalue weighted by Crippen LogP contribution is 2.26. The van der Waals surface area contributed by atoms with Gasteiger partial charge >= 0.3 is 0 Å². The number of aliphatic hydroxyl groups is 1. The monoisotopic (exact) mass is 495 g/mol. The highest BCUT2D eigenvalue weighted by molar-refractivity contribution is 5.98. The molecular formula is C29H41N3O4. The largest absolute Gasteiger partial charge is 0.482 e. The average Bonchev–Trinajstić information content (AvgIpc) is 3.40. The molecule has 7 nitrogen and oxygen atoms in total. The van der Waals surface area contributed by atoms with E-state index in [1.54, 1.807) is 0 Å². The molecule has 0 aliphatic rings. The third-order valence-corrected chi connectivity index (χ3v) is 4.96. The van der Waals surface area contributed by atoms with E-state index in [0.29, 0.717) is 29.6 Å². The van der Waals surface area contributed by atoms with Crippen LogP contribution in [0.2, 0.25) is 0 Å². The summed E-state index contributed by atoms with van der Waals surface area (Å²) in [5.41, 5.74) is 3.65. The molecule has 196 valence electrons. The van der Waals surface area contributed by atoms with Crippen LogP contribution in [0.1, 0.15) is 71.9 Å². The Kier molecular flexibility index (Phi) is 12.6. The molecule has 2 aromatic carbocycles. The molecule has 0 saturated carbocycles. The zero-order valence-corrected chi connectivity index (χ0v) is 23.1. The maximum atomic E-state index is 7.00. The van der Waals surface area contributed by atoms with E-state index in [1.807, 2.05) is 97.0 Å². The quantitative estimate of drug-likeness (QED) is 0.204. The summed E-state index contributed by atoms with van der Waals surface area (Å²) in [5, 5.41) is 15.3. The number of aromatic nitrogens is 2. The molecule has 0 amide bonds. The Morgan fingerprint density at radius 1 is 1.06 bits per heavy atom. The fourth-order valence-electron chi connectivity index (χ4n) is 2.90. The highest BCUT2D eigenvalue weighted by Gasteiger charge is 2.22. The van der Waals surface area contributed by atoms with Crippen LogP contribution in [-0.2, 0) is 10.3 Å². The molecule has 1 unspecified atom stereocenters. The molecule has 0 spiro atoms. The van der Waals surface area contributed by atoms with Gasteiger partial charge in [0.15, 0.2) is 11.9 Å². The molecule has 7 heteroatoms. The van der Waals surface area contributed by atoms with Crippen LogP contribution in [0.3, 0.4) is 0 Å². The molecule has 1 heterocycles. The summed E-state index contributed by atoms with van der Waals surface area (Å²) >= 11 is 0. The molecule has 3 aromatic rings. The number of hydrogen-bond donors (Lipinski definition) is 1. The summed E-state index contributed by atoms with van der Waals surface area (Å²) in [6.45, 7) is 20.1. The van der Waals surface area contributed by atoms with Crippen LogP contribution in [0.4, 0.5) is 0 Å². The molecule has 1 aromatic heterocycles. The number of aryl methyl sites for hydroxylation is 1. The normalized spacial score (nSPS) is 11.9. The summed E-state index contributed by atoms with van der Waals surface area (Å²) in [7, 11) is 1.00. The zero-order valence-electron chi connectivity index (χ0n) is 23.1. The summed E-state index contributed by atoms with van der Waals surface area (Å²) in [6.07, 6.45) is 0.368. The second kappa shape index (κ2) is 14.8. The van der Waals surface area contributed by atoms with Crippen molar-refractivity contribution in [2.45, 2.75) is 73.3 Å². The molecule has 36 heavy (non-hydrogen) atoms. The van der Waals surface area contributed by atoms with Crippen molar-refractivity contribution in [3.63, 3.8) is 0 Å². The van der Waals surface area contributed by atoms with Gasteiger partial charge in [0.05, 0.1) is 5.71 Å². The Bertz CT molecular complexity index is 1080. The molecule has 0 bridgehead atoms. The van der Waals surface area contributed by atoms with Crippen molar-refractivity contribution in [3.05, 3.63) is 77.9 Å². The minimum atomic E-state index is -0.326. The van der Waals surface area contributed by atoms with Crippen LogP contribution in [0.5, 0.6) is 5.75 Å². The number of nitrogens with zero attached hydrogens (tertiary/aromatic N) is 3. The number of oxime groups is 1. The van der Waals surface area contributed by atoms with E-state index >= 15 is 0 Å². The third-order valence-electron chi connectivity index (χ3n) is 4.96. The van der Waals surface area contributed by atoms with Gasteiger partial charge in [0.25, 0.3) is 0 Å². The van der Waals surface area contributed by atoms with Gasteiger partial charge in [-0.05, 0) is 50.1 Å². The minimum absolute atomic E-state index is 0.191. The highest BCUT2D eigenvalue weighted by atomic mass is 16.6. The van der Waals surface area contributed by atoms with Gasteiger partial charge in [-0.15, -0.1) is 0 Å². The third kappa shape index (κ3) is 8.96. The summed E-state index contributed by atoms with van der Waals surface area (Å²) < 4.78 is 11.4. The molecule has 0 saturated heterocycles. The lowest BCUT2D eigenvalue weighted by atomic mass is 9.97. The van der Waals surface area contributed by atoms with E-state index in [4.69, 9.17) is 19.2 Å². The van der Waals surface area contributed by atoms with E-state index in [9.17, 15) is 0 Å². The van der Waals surface area contributed by atoms with Crippen molar-refractivity contribution in [2.24, 2.45) is 5.16 Å². The lowest BCUT2D eigenvalue weighted by Gasteiger charge is -2.18. The molecule has 1 N–H and O–H groups in total. The predicted molar refractivity (Wildman–Crippen MR) is 146 cm³/mol. The van der Waals surface area contributed by atoms with Gasteiger partial charge in [-0.1, -0.05) is 88.3 Å². The Morgan fingerprint density at radius 3 is 2.14 bits per heavy atom. The van der Waals surface area contributed by atoms with Gasteiger partial charge in [0, 0.05) is 18.1 Å². The first kappa shape index (κ1) is 30.6. The summed E-state index contributed by atoms with van der Waals surface area (Å²) in [4.78, 5) is 10.1. The van der Waals surface area contributed by atoms with Crippen LogP contribution < -0.4 is 4.74 Å². The number of ether oxygens (including phenoxy) is 1. The molecule has 0 radical (unpaired) electrons. The lowest BCUT2D eigenvalue weighted by molar-refractivity contribution is 0.121. The van der Waals surface area contributed by atoms with Crippen molar-refractivity contribution < 1.29 is 19.2 Å². The van der Waals surface area contributed by atoms with Gasteiger partial charge in [-0.25, -0.2) is 0 Å². The number of aliphatic hydroxyl groups excluding tert-OH is 1. The Morgan fingerprint density at radius 2 is 1.64 bits per heavy atom. The second-order valence-electron chi connectivity index (χ2n) is 8.81. The maximum Gasteiger partial charge on any atom is 0.232 e. The Hall–Kier alpha value is -3.45. The SMILES string of the molecule is C=C(O/N=C(\C)c1ccc(C)cc1)C(CC)Oc1ccc(-c2noc(C(C)(C)C)n2)cc1.CC.CO. The number of hydrogen-bond acceptors (Lipinski definition) is 7. The molecular weight excluding hydrogens is 454 g/mol. The first-order valence-electron chi connectivity index (χ1n) is 12.2. The standard InChI is InChI=1S/C26H31N3O3.C2H6.CH4O/c1-8-23(19(4)31-28-18(3)20-11-9-17(2)10-12-20)30-22-15-13-21(14-16-22)24-27-25(32-29-24)26(5,6)7;2*1-2/h9-16,23H,4,8H2,1-3,5-7H3;1-2H3;2H,1H3/b28-18+;;. The fraction of sp³-hybridized carbons (Fsp3) is 0.414. The molecule has 0 aliphatic carbocycles. The maximum absolute atomic E-state index is 7.00. The Balaban J connectivity index is 0.00000154. The average molecular weight is 496 g/mol. The van der Waals surface area contributed by atoms with Crippen molar-refractivity contribution in [2.75, 3.05) is 7.11 Å². The Labute approximate surface area is 215 Å². The van der Waals surface area contributed by atoms with Crippen LogP contribution in [-0.4, -0.2) is 34.2 Å². The van der Waals surface area contributed by atoms with E-state index in [-0.39, 0.29) is 11.5 Å².